The van der Waals surface area contributed by atoms with Gasteiger partial charge in [-0.2, -0.15) is 0 Å². The smallest absolute Gasteiger partial charge is 0.186 e. The molecule has 0 aromatic heterocycles. The molecule has 0 aliphatic rings. The van der Waals surface area contributed by atoms with Crippen LogP contribution in [0.25, 0.3) is 0 Å². The highest BCUT2D eigenvalue weighted by Gasteiger charge is 2.07. The molecule has 0 atom stereocenters. The van der Waals surface area contributed by atoms with Crippen molar-refractivity contribution in [2.75, 3.05) is 0 Å². The summed E-state index contributed by atoms with van der Waals surface area (Å²) in [5, 5.41) is -0.0778. The van der Waals surface area contributed by atoms with E-state index in [1.165, 1.54) is 22.3 Å². The van der Waals surface area contributed by atoms with Gasteiger partial charge in [-0.3, -0.25) is 4.79 Å². The average Bonchev–Trinajstić information content (AvgIpc) is 2.24. The van der Waals surface area contributed by atoms with Crippen molar-refractivity contribution in [3.8, 4) is 0 Å². The van der Waals surface area contributed by atoms with Crippen LogP contribution in [0.5, 0.6) is 0 Å². The number of thiol groups is 1. The summed E-state index contributed by atoms with van der Waals surface area (Å²) in [5.74, 6) is 0.221. The molecule has 0 bridgehead atoms. The van der Waals surface area contributed by atoms with Crippen LogP contribution in [0.1, 0.15) is 42.0 Å². The van der Waals surface area contributed by atoms with E-state index in [0.29, 0.717) is 12.8 Å². The van der Waals surface area contributed by atoms with Crippen molar-refractivity contribution in [2.45, 2.75) is 46.5 Å². The van der Waals surface area contributed by atoms with Crippen LogP contribution >= 0.6 is 12.6 Å². The van der Waals surface area contributed by atoms with Crippen molar-refractivity contribution >= 4 is 23.5 Å². The van der Waals surface area contributed by atoms with Crippen molar-refractivity contribution in [1.82, 2.24) is 0 Å². The number of ketones is 1. The van der Waals surface area contributed by atoms with Gasteiger partial charge >= 0.3 is 0 Å². The Morgan fingerprint density at radius 3 is 2.06 bits per heavy atom. The summed E-state index contributed by atoms with van der Waals surface area (Å²) in [6, 6.07) is 4.22. The Morgan fingerprint density at radius 1 is 1.06 bits per heavy atom. The van der Waals surface area contributed by atoms with Gasteiger partial charge in [0.1, 0.15) is 5.78 Å². The largest absolute Gasteiger partial charge is 0.300 e. The molecule has 1 aromatic rings. The van der Waals surface area contributed by atoms with Crippen molar-refractivity contribution in [2.24, 2.45) is 0 Å². The summed E-state index contributed by atoms with van der Waals surface area (Å²) in [7, 11) is 0. The molecule has 18 heavy (non-hydrogen) atoms. The molecule has 2 nitrogen and oxygen atoms in total. The third-order valence-electron chi connectivity index (χ3n) is 3.11. The number of Topliss-reactive ketones (excluding diaryl/α,β-unsaturated/α-hetero) is 1. The predicted octanol–water partition coefficient (Wildman–Crippen LogP) is 3.21. The summed E-state index contributed by atoms with van der Waals surface area (Å²) in [6.07, 6.45) is 2.60. The molecule has 0 spiro atoms. The molecular weight excluding hydrogens is 244 g/mol. The zero-order valence-electron chi connectivity index (χ0n) is 11.2. The minimum Gasteiger partial charge on any atom is -0.300 e. The molecule has 0 unspecified atom stereocenters. The number of benzene rings is 1. The summed E-state index contributed by atoms with van der Waals surface area (Å²) in [6.45, 7) is 5.75. The van der Waals surface area contributed by atoms with Crippen LogP contribution < -0.4 is 0 Å². The van der Waals surface area contributed by atoms with E-state index in [-0.39, 0.29) is 10.9 Å². The molecule has 0 saturated carbocycles. The van der Waals surface area contributed by atoms with Gasteiger partial charge in [-0.25, -0.2) is 0 Å². The van der Waals surface area contributed by atoms with E-state index >= 15 is 0 Å². The van der Waals surface area contributed by atoms with Crippen molar-refractivity contribution in [3.05, 3.63) is 34.4 Å². The topological polar surface area (TPSA) is 34.1 Å². The SMILES string of the molecule is CC(=O)CCc1c(C)cc(CCC(=O)S)cc1C. The molecule has 0 N–H and O–H groups in total. The Bertz CT molecular complexity index is 441. The number of carbonyl (C=O) groups excluding carboxylic acids is 2. The van der Waals surface area contributed by atoms with Gasteiger partial charge in [0.05, 0.1) is 0 Å². The normalized spacial score (nSPS) is 10.4. The van der Waals surface area contributed by atoms with Gasteiger partial charge < -0.3 is 4.79 Å². The first kappa shape index (κ1) is 15.0. The Hall–Kier alpha value is -1.09. The summed E-state index contributed by atoms with van der Waals surface area (Å²) in [5.41, 5.74) is 4.83. The maximum atomic E-state index is 11.0. The first-order chi connectivity index (χ1) is 8.40. The van der Waals surface area contributed by atoms with Gasteiger partial charge in [-0.05, 0) is 55.9 Å². The molecule has 1 aromatic carbocycles. The van der Waals surface area contributed by atoms with Gasteiger partial charge in [-0.15, -0.1) is 12.6 Å². The lowest BCUT2D eigenvalue weighted by molar-refractivity contribution is -0.117. The summed E-state index contributed by atoms with van der Waals surface area (Å²) < 4.78 is 0. The van der Waals surface area contributed by atoms with E-state index in [9.17, 15) is 9.59 Å². The van der Waals surface area contributed by atoms with Gasteiger partial charge in [0.2, 0.25) is 0 Å². The number of carbonyl (C=O) groups is 2. The lowest BCUT2D eigenvalue weighted by Crippen LogP contribution is -2.01. The summed E-state index contributed by atoms with van der Waals surface area (Å²) in [4.78, 5) is 21.9. The fourth-order valence-corrected chi connectivity index (χ4v) is 2.29. The molecule has 1 rings (SSSR count). The lowest BCUT2D eigenvalue weighted by Gasteiger charge is -2.12. The van der Waals surface area contributed by atoms with Crippen molar-refractivity contribution < 1.29 is 9.59 Å². The second-order valence-electron chi connectivity index (χ2n) is 4.80. The van der Waals surface area contributed by atoms with Crippen LogP contribution in [-0.4, -0.2) is 10.9 Å². The molecular formula is C15H20O2S. The van der Waals surface area contributed by atoms with Crippen LogP contribution in [0.3, 0.4) is 0 Å². The molecule has 0 amide bonds. The van der Waals surface area contributed by atoms with Crippen LogP contribution in [0.2, 0.25) is 0 Å². The van der Waals surface area contributed by atoms with Crippen LogP contribution in [0.15, 0.2) is 12.1 Å². The van der Waals surface area contributed by atoms with Crippen molar-refractivity contribution in [1.29, 1.82) is 0 Å². The first-order valence-corrected chi connectivity index (χ1v) is 6.65. The highest BCUT2D eigenvalue weighted by molar-refractivity contribution is 7.96. The van der Waals surface area contributed by atoms with Crippen LogP contribution in [0.4, 0.5) is 0 Å². The summed E-state index contributed by atoms with van der Waals surface area (Å²) >= 11 is 3.78. The van der Waals surface area contributed by atoms with Crippen LogP contribution in [0, 0.1) is 13.8 Å². The molecule has 98 valence electrons. The highest BCUT2D eigenvalue weighted by Crippen LogP contribution is 2.19. The van der Waals surface area contributed by atoms with Gasteiger partial charge in [0.25, 0.3) is 0 Å². The minimum absolute atomic E-state index is 0.0778. The zero-order valence-corrected chi connectivity index (χ0v) is 12.1. The van der Waals surface area contributed by atoms with E-state index in [4.69, 9.17) is 0 Å². The molecule has 0 heterocycles. The molecule has 3 heteroatoms. The van der Waals surface area contributed by atoms with Gasteiger partial charge in [-0.1, -0.05) is 12.1 Å². The molecule has 0 aliphatic carbocycles. The Balaban J connectivity index is 2.83. The van der Waals surface area contributed by atoms with Gasteiger partial charge in [0.15, 0.2) is 5.12 Å². The quantitative estimate of drug-likeness (QED) is 0.801. The van der Waals surface area contributed by atoms with Crippen molar-refractivity contribution in [3.63, 3.8) is 0 Å². The molecule has 0 saturated heterocycles. The standard InChI is InChI=1S/C15H20O2S/c1-10-8-13(5-7-15(17)18)9-11(2)14(10)6-4-12(3)16/h8-9H,4-7H2,1-3H3,(H,17,18). The zero-order chi connectivity index (χ0) is 13.7. The molecule has 0 aliphatic heterocycles. The number of hydrogen-bond acceptors (Lipinski definition) is 2. The van der Waals surface area contributed by atoms with Gasteiger partial charge in [0, 0.05) is 12.8 Å². The number of hydrogen-bond donors (Lipinski definition) is 1. The highest BCUT2D eigenvalue weighted by atomic mass is 32.1. The van der Waals surface area contributed by atoms with E-state index < -0.39 is 0 Å². The van der Waals surface area contributed by atoms with E-state index in [2.05, 4.69) is 38.6 Å². The minimum atomic E-state index is -0.0778. The second kappa shape index (κ2) is 6.74. The third-order valence-corrected chi connectivity index (χ3v) is 3.33. The third kappa shape index (κ3) is 4.65. The fourth-order valence-electron chi connectivity index (χ4n) is 2.17. The Kier molecular flexibility index (Phi) is 5.60. The Labute approximate surface area is 114 Å². The van der Waals surface area contributed by atoms with E-state index in [1.54, 1.807) is 6.92 Å². The maximum absolute atomic E-state index is 11.0. The Morgan fingerprint density at radius 2 is 1.61 bits per heavy atom. The molecule has 0 radical (unpaired) electrons. The lowest BCUT2D eigenvalue weighted by atomic mass is 9.94. The maximum Gasteiger partial charge on any atom is 0.186 e. The van der Waals surface area contributed by atoms with Crippen LogP contribution in [-0.2, 0) is 22.4 Å². The fraction of sp³-hybridized carbons (Fsp3) is 0.467. The second-order valence-corrected chi connectivity index (χ2v) is 5.30. The van der Waals surface area contributed by atoms with E-state index in [0.717, 1.165) is 12.8 Å². The monoisotopic (exact) mass is 264 g/mol. The number of rotatable bonds is 6. The number of aryl methyl sites for hydroxylation is 3. The molecule has 0 fully saturated rings. The average molecular weight is 264 g/mol. The van der Waals surface area contributed by atoms with E-state index in [1.807, 2.05) is 0 Å². The predicted molar refractivity (Wildman–Crippen MR) is 77.2 cm³/mol. The first-order valence-electron chi connectivity index (χ1n) is 6.20.